The Kier molecular flexibility index (Phi) is 7.34. The van der Waals surface area contributed by atoms with Gasteiger partial charge in [0.2, 0.25) is 10.0 Å². The Hall–Kier alpha value is -3.35. The van der Waals surface area contributed by atoms with E-state index in [1.807, 2.05) is 0 Å². The Balaban J connectivity index is 2.05. The van der Waals surface area contributed by atoms with Crippen molar-refractivity contribution in [2.75, 3.05) is 11.9 Å². The number of nitro benzene ring substituents is 1. The second-order valence-electron chi connectivity index (χ2n) is 8.25. The second-order valence-corrected chi connectivity index (χ2v) is 10.9. The number of non-ortho nitro benzene ring substituents is 1. The zero-order chi connectivity index (χ0) is 25.1. The third-order valence-corrected chi connectivity index (χ3v) is 7.21. The highest BCUT2D eigenvalue weighted by Crippen LogP contribution is 2.37. The number of thiazole rings is 1. The molecule has 34 heavy (non-hydrogen) atoms. The highest BCUT2D eigenvalue weighted by Gasteiger charge is 2.26. The van der Waals surface area contributed by atoms with Gasteiger partial charge in [0.1, 0.15) is 5.01 Å². The van der Waals surface area contributed by atoms with Crippen molar-refractivity contribution in [3.05, 3.63) is 58.8 Å². The van der Waals surface area contributed by atoms with Crippen LogP contribution in [0.1, 0.15) is 27.7 Å². The van der Waals surface area contributed by atoms with Crippen LogP contribution < -0.4 is 10.0 Å². The molecule has 1 amide bonds. The van der Waals surface area contributed by atoms with Gasteiger partial charge in [0.25, 0.3) is 5.69 Å². The quantitative estimate of drug-likeness (QED) is 0.339. The van der Waals surface area contributed by atoms with Crippen LogP contribution in [0.3, 0.4) is 0 Å². The minimum Gasteiger partial charge on any atom is -0.450 e. The van der Waals surface area contributed by atoms with Crippen molar-refractivity contribution in [2.24, 2.45) is 0 Å². The number of carbonyl (C=O) groups is 1. The predicted molar refractivity (Wildman–Crippen MR) is 130 cm³/mol. The van der Waals surface area contributed by atoms with Crippen LogP contribution >= 0.6 is 11.3 Å². The smallest absolute Gasteiger partial charge is 0.411 e. The zero-order valence-corrected chi connectivity index (χ0v) is 20.6. The van der Waals surface area contributed by atoms with Gasteiger partial charge in [-0.15, -0.1) is 11.3 Å². The molecule has 2 N–H and O–H groups in total. The molecule has 2 aromatic carbocycles. The van der Waals surface area contributed by atoms with Crippen molar-refractivity contribution in [3.8, 4) is 21.0 Å². The van der Waals surface area contributed by atoms with Gasteiger partial charge in [-0.2, -0.15) is 0 Å². The summed E-state index contributed by atoms with van der Waals surface area (Å²) in [5.41, 5.74) is 0.554. The molecule has 0 fully saturated rings. The first kappa shape index (κ1) is 25.3. The molecule has 0 aliphatic rings. The van der Waals surface area contributed by atoms with E-state index in [1.54, 1.807) is 58.2 Å². The van der Waals surface area contributed by atoms with Crippen LogP contribution in [0.25, 0.3) is 21.0 Å². The molecule has 1 heterocycles. The number of nitro groups is 1. The number of anilines is 1. The maximum absolute atomic E-state index is 13.2. The van der Waals surface area contributed by atoms with Crippen LogP contribution in [0, 0.1) is 10.1 Å². The maximum Gasteiger partial charge on any atom is 0.411 e. The third kappa shape index (κ3) is 6.16. The lowest BCUT2D eigenvalue weighted by Gasteiger charge is -2.22. The number of amides is 1. The van der Waals surface area contributed by atoms with Gasteiger partial charge < -0.3 is 4.74 Å². The summed E-state index contributed by atoms with van der Waals surface area (Å²) in [7, 11) is -3.98. The normalized spacial score (nSPS) is 11.8. The Morgan fingerprint density at radius 2 is 1.85 bits per heavy atom. The fourth-order valence-electron chi connectivity index (χ4n) is 3.03. The Morgan fingerprint density at radius 1 is 1.18 bits per heavy atom. The minimum atomic E-state index is -3.98. The standard InChI is InChI=1S/C22H24N4O6S2/c1-5-32-21(27)24-15-8-11-17(19(12-15)34(30,31)25-22(2,3)4)18-13-23-20(33-18)14-6-9-16(10-7-14)26(28)29/h6-13,25H,5H2,1-4H3,(H,24,27). The monoisotopic (exact) mass is 504 g/mol. The summed E-state index contributed by atoms with van der Waals surface area (Å²) >= 11 is 1.24. The number of nitrogens with zero attached hydrogens (tertiary/aromatic N) is 2. The van der Waals surface area contributed by atoms with E-state index in [1.165, 1.54) is 29.5 Å². The van der Waals surface area contributed by atoms with Gasteiger partial charge >= 0.3 is 6.09 Å². The molecule has 0 aliphatic heterocycles. The summed E-state index contributed by atoms with van der Waals surface area (Å²) in [5.74, 6) is 0. The lowest BCUT2D eigenvalue weighted by molar-refractivity contribution is -0.384. The first-order valence-corrected chi connectivity index (χ1v) is 12.5. The van der Waals surface area contributed by atoms with Gasteiger partial charge in [-0.3, -0.25) is 15.4 Å². The Labute approximate surface area is 201 Å². The van der Waals surface area contributed by atoms with E-state index in [0.29, 0.717) is 21.0 Å². The van der Waals surface area contributed by atoms with Gasteiger partial charge in [0.05, 0.1) is 21.3 Å². The van der Waals surface area contributed by atoms with Gasteiger partial charge in [-0.25, -0.2) is 22.9 Å². The lowest BCUT2D eigenvalue weighted by atomic mass is 10.1. The summed E-state index contributed by atoms with van der Waals surface area (Å²) < 4.78 is 34.0. The number of aromatic nitrogens is 1. The van der Waals surface area contributed by atoms with Crippen molar-refractivity contribution in [2.45, 2.75) is 38.1 Å². The maximum atomic E-state index is 13.2. The predicted octanol–water partition coefficient (Wildman–Crippen LogP) is 5.03. The summed E-state index contributed by atoms with van der Waals surface area (Å²) in [5, 5.41) is 14.0. The Bertz CT molecular complexity index is 1310. The first-order chi connectivity index (χ1) is 15.9. The number of rotatable bonds is 7. The van der Waals surface area contributed by atoms with Crippen molar-refractivity contribution in [1.29, 1.82) is 0 Å². The fourth-order valence-corrected chi connectivity index (χ4v) is 5.72. The fraction of sp³-hybridized carbons (Fsp3) is 0.273. The highest BCUT2D eigenvalue weighted by molar-refractivity contribution is 7.89. The van der Waals surface area contributed by atoms with Crippen molar-refractivity contribution >= 4 is 38.8 Å². The average Bonchev–Trinajstić information content (AvgIpc) is 3.22. The molecule has 0 spiro atoms. The number of benzene rings is 2. The van der Waals surface area contributed by atoms with E-state index in [9.17, 15) is 23.3 Å². The molecule has 0 atom stereocenters. The topological polar surface area (TPSA) is 141 Å². The molecule has 0 aliphatic carbocycles. The molecule has 0 radical (unpaired) electrons. The summed E-state index contributed by atoms with van der Waals surface area (Å²) in [6.45, 7) is 7.02. The van der Waals surface area contributed by atoms with E-state index in [4.69, 9.17) is 4.74 Å². The second kappa shape index (κ2) is 9.87. The number of hydrogen-bond acceptors (Lipinski definition) is 8. The van der Waals surface area contributed by atoms with Gasteiger partial charge in [0.15, 0.2) is 0 Å². The Morgan fingerprint density at radius 3 is 2.44 bits per heavy atom. The molecule has 12 heteroatoms. The number of carbonyl (C=O) groups excluding carboxylic acids is 1. The summed E-state index contributed by atoms with van der Waals surface area (Å²) in [4.78, 5) is 27.2. The van der Waals surface area contributed by atoms with Crippen LogP contribution in [0.5, 0.6) is 0 Å². The minimum absolute atomic E-state index is 0.0318. The number of sulfonamides is 1. The SMILES string of the molecule is CCOC(=O)Nc1ccc(-c2cnc(-c3ccc([N+](=O)[O-])cc3)s2)c(S(=O)(=O)NC(C)(C)C)c1. The van der Waals surface area contributed by atoms with Gasteiger partial charge in [-0.1, -0.05) is 6.07 Å². The number of ether oxygens (including phenoxy) is 1. The third-order valence-electron chi connectivity index (χ3n) is 4.33. The molecular formula is C22H24N4O6S2. The lowest BCUT2D eigenvalue weighted by Crippen LogP contribution is -2.40. The molecule has 10 nitrogen and oxygen atoms in total. The van der Waals surface area contributed by atoms with E-state index in [2.05, 4.69) is 15.0 Å². The van der Waals surface area contributed by atoms with Gasteiger partial charge in [-0.05, 0) is 52.0 Å². The van der Waals surface area contributed by atoms with E-state index in [0.717, 1.165) is 0 Å². The molecule has 3 rings (SSSR count). The van der Waals surface area contributed by atoms with Crippen LogP contribution in [0.15, 0.2) is 53.6 Å². The zero-order valence-electron chi connectivity index (χ0n) is 19.0. The van der Waals surface area contributed by atoms with E-state index < -0.39 is 26.6 Å². The molecular weight excluding hydrogens is 480 g/mol. The molecule has 3 aromatic rings. The first-order valence-electron chi connectivity index (χ1n) is 10.2. The summed E-state index contributed by atoms with van der Waals surface area (Å²) in [6.07, 6.45) is 0.853. The van der Waals surface area contributed by atoms with E-state index in [-0.39, 0.29) is 22.9 Å². The van der Waals surface area contributed by atoms with Crippen molar-refractivity contribution in [1.82, 2.24) is 9.71 Å². The number of nitrogens with one attached hydrogen (secondary N) is 2. The van der Waals surface area contributed by atoms with Gasteiger partial charge in [0, 0.05) is 40.7 Å². The summed E-state index contributed by atoms with van der Waals surface area (Å²) in [6, 6.07) is 10.5. The molecule has 1 aromatic heterocycles. The molecule has 0 bridgehead atoms. The van der Waals surface area contributed by atoms with Crippen LogP contribution in [0.2, 0.25) is 0 Å². The van der Waals surface area contributed by atoms with Crippen molar-refractivity contribution < 1.29 is 22.9 Å². The molecule has 0 saturated heterocycles. The molecule has 0 saturated carbocycles. The van der Waals surface area contributed by atoms with Crippen LogP contribution in [-0.2, 0) is 14.8 Å². The molecule has 180 valence electrons. The largest absolute Gasteiger partial charge is 0.450 e. The van der Waals surface area contributed by atoms with Crippen molar-refractivity contribution in [3.63, 3.8) is 0 Å². The molecule has 0 unspecified atom stereocenters. The van der Waals surface area contributed by atoms with E-state index >= 15 is 0 Å². The number of hydrogen-bond donors (Lipinski definition) is 2. The van der Waals surface area contributed by atoms with Crippen LogP contribution in [0.4, 0.5) is 16.2 Å². The van der Waals surface area contributed by atoms with Crippen LogP contribution in [-0.4, -0.2) is 36.6 Å². The average molecular weight is 505 g/mol. The highest BCUT2D eigenvalue weighted by atomic mass is 32.2.